The second-order valence-electron chi connectivity index (χ2n) is 3.91. The van der Waals surface area contributed by atoms with E-state index >= 15 is 0 Å². The molecule has 0 fully saturated rings. The Morgan fingerprint density at radius 2 is 2.17 bits per heavy atom. The first kappa shape index (κ1) is 14.9. The van der Waals surface area contributed by atoms with E-state index < -0.39 is 11.4 Å². The fourth-order valence-corrected chi connectivity index (χ4v) is 1.64. The second kappa shape index (κ2) is 6.72. The summed E-state index contributed by atoms with van der Waals surface area (Å²) in [6, 6.07) is 3.42. The normalized spacial score (nSPS) is 12.0. The van der Waals surface area contributed by atoms with Crippen LogP contribution in [-0.4, -0.2) is 34.9 Å². The van der Waals surface area contributed by atoms with Crippen molar-refractivity contribution in [1.82, 2.24) is 5.32 Å². The molecule has 18 heavy (non-hydrogen) atoms. The zero-order chi connectivity index (χ0) is 13.6. The smallest absolute Gasteiger partial charge is 0.244 e. The summed E-state index contributed by atoms with van der Waals surface area (Å²) >= 11 is 3.15. The van der Waals surface area contributed by atoms with Crippen molar-refractivity contribution in [3.8, 4) is 0 Å². The molecule has 0 radical (unpaired) electrons. The Morgan fingerprint density at radius 3 is 2.61 bits per heavy atom. The quantitative estimate of drug-likeness (QED) is 0.691. The zero-order valence-corrected chi connectivity index (χ0v) is 11.6. The molecule has 1 heterocycles. The monoisotopic (exact) mass is 317 g/mol. The van der Waals surface area contributed by atoms with Gasteiger partial charge in [0.2, 0.25) is 5.91 Å². The maximum Gasteiger partial charge on any atom is 0.244 e. The molecule has 0 aliphatic carbocycles. The minimum absolute atomic E-state index is 0.314. The summed E-state index contributed by atoms with van der Waals surface area (Å²) in [5.74, 6) is 0.139. The van der Waals surface area contributed by atoms with Crippen LogP contribution in [0.3, 0.4) is 0 Å². The Kier molecular flexibility index (Phi) is 5.58. The van der Waals surface area contributed by atoms with E-state index in [9.17, 15) is 15.0 Å². The van der Waals surface area contributed by atoms with Crippen molar-refractivity contribution in [2.75, 3.05) is 13.2 Å². The Bertz CT molecular complexity index is 415. The van der Waals surface area contributed by atoms with Crippen LogP contribution in [-0.2, 0) is 4.79 Å². The van der Waals surface area contributed by atoms with Gasteiger partial charge in [-0.25, -0.2) is 0 Å². The van der Waals surface area contributed by atoms with Crippen LogP contribution in [0.4, 0.5) is 0 Å². The fourth-order valence-electron chi connectivity index (χ4n) is 1.32. The Labute approximate surface area is 114 Å². The molecular weight excluding hydrogens is 302 g/mol. The highest BCUT2D eigenvalue weighted by Crippen LogP contribution is 2.15. The molecule has 1 amide bonds. The molecule has 0 unspecified atom stereocenters. The van der Waals surface area contributed by atoms with E-state index in [1.54, 1.807) is 19.1 Å². The lowest BCUT2D eigenvalue weighted by Crippen LogP contribution is -2.53. The Balaban J connectivity index is 2.63. The van der Waals surface area contributed by atoms with E-state index in [2.05, 4.69) is 21.2 Å². The molecule has 0 bridgehead atoms. The summed E-state index contributed by atoms with van der Waals surface area (Å²) in [6.45, 7) is 1.15. The minimum atomic E-state index is -0.981. The molecule has 0 spiro atoms. The average Bonchev–Trinajstić information content (AvgIpc) is 2.80. The first-order valence-corrected chi connectivity index (χ1v) is 6.32. The predicted octanol–water partition coefficient (Wildman–Crippen LogP) is 1.30. The number of nitrogens with one attached hydrogen (secondary N) is 1. The van der Waals surface area contributed by atoms with Gasteiger partial charge in [-0.05, 0) is 40.6 Å². The van der Waals surface area contributed by atoms with Crippen LogP contribution in [0.25, 0.3) is 6.08 Å². The highest BCUT2D eigenvalue weighted by Gasteiger charge is 2.27. The number of amides is 1. The van der Waals surface area contributed by atoms with Gasteiger partial charge in [-0.15, -0.1) is 0 Å². The highest BCUT2D eigenvalue weighted by molar-refractivity contribution is 9.10. The molecule has 0 atom stereocenters. The van der Waals surface area contributed by atoms with Gasteiger partial charge in [0.25, 0.3) is 0 Å². The van der Waals surface area contributed by atoms with Gasteiger partial charge in [0.15, 0.2) is 4.67 Å². The zero-order valence-electron chi connectivity index (χ0n) is 10.0. The minimum Gasteiger partial charge on any atom is -0.450 e. The first-order chi connectivity index (χ1) is 8.55. The SMILES string of the molecule is CCC(CO)(CO)NC(=O)/C=C/c1ccc(Br)o1. The van der Waals surface area contributed by atoms with Gasteiger partial charge in [0.1, 0.15) is 5.76 Å². The van der Waals surface area contributed by atoms with Gasteiger partial charge in [0.05, 0.1) is 18.8 Å². The molecule has 3 N–H and O–H groups in total. The standard InChI is InChI=1S/C12H16BrNO4/c1-2-12(7-15,8-16)14-11(17)6-4-9-3-5-10(13)18-9/h3-6,15-16H,2,7-8H2,1H3,(H,14,17)/b6-4+. The third-order valence-electron chi connectivity index (χ3n) is 2.66. The largest absolute Gasteiger partial charge is 0.450 e. The lowest BCUT2D eigenvalue weighted by atomic mass is 9.98. The molecule has 0 aromatic carbocycles. The lowest BCUT2D eigenvalue weighted by Gasteiger charge is -2.28. The van der Waals surface area contributed by atoms with Crippen molar-refractivity contribution in [2.24, 2.45) is 0 Å². The molecule has 0 saturated carbocycles. The molecule has 5 nitrogen and oxygen atoms in total. The van der Waals surface area contributed by atoms with Crippen molar-refractivity contribution in [2.45, 2.75) is 18.9 Å². The van der Waals surface area contributed by atoms with Crippen molar-refractivity contribution in [3.05, 3.63) is 28.6 Å². The van der Waals surface area contributed by atoms with Crippen molar-refractivity contribution < 1.29 is 19.4 Å². The van der Waals surface area contributed by atoms with Gasteiger partial charge in [-0.3, -0.25) is 4.79 Å². The Hall–Kier alpha value is -1.11. The summed E-state index contributed by atoms with van der Waals surface area (Å²) in [4.78, 5) is 11.6. The maximum absolute atomic E-state index is 11.6. The van der Waals surface area contributed by atoms with Crippen LogP contribution in [0.2, 0.25) is 0 Å². The summed E-state index contributed by atoms with van der Waals surface area (Å²) < 4.78 is 5.77. The third-order valence-corrected chi connectivity index (χ3v) is 3.09. The second-order valence-corrected chi connectivity index (χ2v) is 4.70. The predicted molar refractivity (Wildman–Crippen MR) is 70.8 cm³/mol. The van der Waals surface area contributed by atoms with E-state index in [1.165, 1.54) is 12.2 Å². The number of aliphatic hydroxyl groups excluding tert-OH is 2. The first-order valence-electron chi connectivity index (χ1n) is 5.52. The van der Waals surface area contributed by atoms with Crippen molar-refractivity contribution in [1.29, 1.82) is 0 Å². The summed E-state index contributed by atoms with van der Waals surface area (Å²) in [7, 11) is 0. The Morgan fingerprint density at radius 1 is 1.50 bits per heavy atom. The fraction of sp³-hybridized carbons (Fsp3) is 0.417. The number of carbonyl (C=O) groups is 1. The number of carbonyl (C=O) groups excluding carboxylic acids is 1. The number of aliphatic hydroxyl groups is 2. The number of hydrogen-bond donors (Lipinski definition) is 3. The van der Waals surface area contributed by atoms with Gasteiger partial charge >= 0.3 is 0 Å². The summed E-state index contributed by atoms with van der Waals surface area (Å²) in [5.41, 5.74) is -0.981. The van der Waals surface area contributed by atoms with E-state index in [4.69, 9.17) is 4.42 Å². The molecule has 1 aromatic heterocycles. The van der Waals surface area contributed by atoms with Crippen LogP contribution < -0.4 is 5.32 Å². The van der Waals surface area contributed by atoms with E-state index in [1.807, 2.05) is 0 Å². The van der Waals surface area contributed by atoms with Crippen molar-refractivity contribution >= 4 is 27.9 Å². The van der Waals surface area contributed by atoms with Crippen LogP contribution in [0.5, 0.6) is 0 Å². The number of halogens is 1. The maximum atomic E-state index is 11.6. The number of hydrogen-bond acceptors (Lipinski definition) is 4. The van der Waals surface area contributed by atoms with Gasteiger partial charge in [0, 0.05) is 6.08 Å². The van der Waals surface area contributed by atoms with Crippen LogP contribution >= 0.6 is 15.9 Å². The lowest BCUT2D eigenvalue weighted by molar-refractivity contribution is -0.119. The summed E-state index contributed by atoms with van der Waals surface area (Å²) in [6.07, 6.45) is 3.24. The molecule has 6 heteroatoms. The van der Waals surface area contributed by atoms with E-state index in [-0.39, 0.29) is 13.2 Å². The molecule has 0 aliphatic heterocycles. The molecular formula is C12H16BrNO4. The number of furan rings is 1. The van der Waals surface area contributed by atoms with Crippen LogP contribution in [0.15, 0.2) is 27.3 Å². The van der Waals surface area contributed by atoms with Crippen molar-refractivity contribution in [3.63, 3.8) is 0 Å². The van der Waals surface area contributed by atoms with Gasteiger partial charge < -0.3 is 19.9 Å². The third kappa shape index (κ3) is 3.97. The van der Waals surface area contributed by atoms with Crippen LogP contribution in [0, 0.1) is 0 Å². The number of rotatable bonds is 6. The molecule has 100 valence electrons. The molecule has 0 saturated heterocycles. The average molecular weight is 318 g/mol. The molecule has 0 aliphatic rings. The van der Waals surface area contributed by atoms with Gasteiger partial charge in [-0.2, -0.15) is 0 Å². The summed E-state index contributed by atoms with van der Waals surface area (Å²) in [5, 5.41) is 21.0. The van der Waals surface area contributed by atoms with E-state index in [0.29, 0.717) is 16.9 Å². The highest BCUT2D eigenvalue weighted by atomic mass is 79.9. The molecule has 1 rings (SSSR count). The van der Waals surface area contributed by atoms with E-state index in [0.717, 1.165) is 0 Å². The van der Waals surface area contributed by atoms with Gasteiger partial charge in [-0.1, -0.05) is 6.92 Å². The van der Waals surface area contributed by atoms with Crippen LogP contribution in [0.1, 0.15) is 19.1 Å². The topological polar surface area (TPSA) is 82.7 Å². The molecule has 1 aromatic rings.